The topological polar surface area (TPSA) is 81.8 Å². The number of nitrogens with one attached hydrogen (secondary N) is 2. The van der Waals surface area contributed by atoms with E-state index in [1.54, 1.807) is 19.2 Å². The third-order valence-electron chi connectivity index (χ3n) is 5.55. The van der Waals surface area contributed by atoms with Gasteiger partial charge in [-0.25, -0.2) is 9.18 Å². The molecule has 2 aromatic carbocycles. The molecule has 0 saturated heterocycles. The summed E-state index contributed by atoms with van der Waals surface area (Å²) >= 11 is 0. The first-order valence-corrected chi connectivity index (χ1v) is 10.1. The van der Waals surface area contributed by atoms with Crippen LogP contribution in [0.25, 0.3) is 0 Å². The van der Waals surface area contributed by atoms with Gasteiger partial charge in [0.2, 0.25) is 5.91 Å². The summed E-state index contributed by atoms with van der Waals surface area (Å²) in [6.45, 7) is 0.539. The van der Waals surface area contributed by atoms with Crippen LogP contribution in [-0.4, -0.2) is 54.3 Å². The molecule has 31 heavy (non-hydrogen) atoms. The molecule has 4 rings (SSSR count). The second-order valence-electron chi connectivity index (χ2n) is 7.60. The summed E-state index contributed by atoms with van der Waals surface area (Å²) in [6.07, 6.45) is 0.697. The monoisotopic (exact) mass is 422 g/mol. The van der Waals surface area contributed by atoms with E-state index in [4.69, 9.17) is 0 Å². The summed E-state index contributed by atoms with van der Waals surface area (Å²) in [5, 5.41) is 5.63. The van der Waals surface area contributed by atoms with Gasteiger partial charge < -0.3 is 15.5 Å². The van der Waals surface area contributed by atoms with E-state index in [1.165, 1.54) is 21.9 Å². The standard InChI is InChI=1S/C23H23FN4O3/c1-27-18-13-28(14-19(29)25-12-11-15-5-3-2-4-6-15)22(30)20(18)21(26-23(27)31)16-7-9-17(24)10-8-16/h2-10,21H,11-14H2,1H3,(H,25,29)(H,26,31)/t21-/m1/s1. The Morgan fingerprint density at radius 1 is 1.13 bits per heavy atom. The molecule has 0 spiro atoms. The SMILES string of the molecule is CN1C(=O)N[C@H](c2ccc(F)cc2)C2=C1CN(CC(=O)NCCc1ccccc1)C2=O. The van der Waals surface area contributed by atoms with Crippen LogP contribution in [0.4, 0.5) is 9.18 Å². The van der Waals surface area contributed by atoms with Crippen molar-refractivity contribution in [1.29, 1.82) is 0 Å². The lowest BCUT2D eigenvalue weighted by Gasteiger charge is -2.31. The molecule has 0 radical (unpaired) electrons. The van der Waals surface area contributed by atoms with E-state index in [1.807, 2.05) is 30.3 Å². The summed E-state index contributed by atoms with van der Waals surface area (Å²) in [4.78, 5) is 40.7. The lowest BCUT2D eigenvalue weighted by molar-refractivity contribution is -0.131. The fourth-order valence-electron chi connectivity index (χ4n) is 3.88. The van der Waals surface area contributed by atoms with Crippen LogP contribution in [0.2, 0.25) is 0 Å². The van der Waals surface area contributed by atoms with E-state index < -0.39 is 11.9 Å². The number of rotatable bonds is 6. The van der Waals surface area contributed by atoms with Crippen molar-refractivity contribution < 1.29 is 18.8 Å². The normalized spacial score (nSPS) is 18.2. The zero-order valence-electron chi connectivity index (χ0n) is 17.1. The number of urea groups is 1. The number of benzene rings is 2. The van der Waals surface area contributed by atoms with Gasteiger partial charge in [-0.1, -0.05) is 42.5 Å². The van der Waals surface area contributed by atoms with Crippen LogP contribution in [0.15, 0.2) is 65.9 Å². The van der Waals surface area contributed by atoms with Crippen molar-refractivity contribution in [2.45, 2.75) is 12.5 Å². The molecule has 2 aliphatic rings. The highest BCUT2D eigenvalue weighted by atomic mass is 19.1. The van der Waals surface area contributed by atoms with Gasteiger partial charge in [-0.05, 0) is 29.7 Å². The van der Waals surface area contributed by atoms with Crippen LogP contribution in [-0.2, 0) is 16.0 Å². The van der Waals surface area contributed by atoms with E-state index in [9.17, 15) is 18.8 Å². The van der Waals surface area contributed by atoms with Crippen LogP contribution in [0, 0.1) is 5.82 Å². The molecule has 8 heteroatoms. The Balaban J connectivity index is 1.43. The molecular formula is C23H23FN4O3. The van der Waals surface area contributed by atoms with Crippen LogP contribution in [0.1, 0.15) is 17.2 Å². The Labute approximate surface area is 179 Å². The highest BCUT2D eigenvalue weighted by Gasteiger charge is 2.43. The van der Waals surface area contributed by atoms with Crippen molar-refractivity contribution >= 4 is 17.8 Å². The largest absolute Gasteiger partial charge is 0.354 e. The molecule has 0 fully saturated rings. The lowest BCUT2D eigenvalue weighted by Crippen LogP contribution is -2.45. The molecule has 1 atom stereocenters. The third kappa shape index (κ3) is 4.28. The van der Waals surface area contributed by atoms with Gasteiger partial charge in [0.05, 0.1) is 23.9 Å². The van der Waals surface area contributed by atoms with Crippen LogP contribution >= 0.6 is 0 Å². The first-order valence-electron chi connectivity index (χ1n) is 10.1. The number of hydrogen-bond donors (Lipinski definition) is 2. The minimum absolute atomic E-state index is 0.0984. The number of carbonyl (C=O) groups is 3. The van der Waals surface area contributed by atoms with Crippen molar-refractivity contribution in [2.24, 2.45) is 0 Å². The Kier molecular flexibility index (Phi) is 5.70. The second kappa shape index (κ2) is 8.59. The van der Waals surface area contributed by atoms with E-state index in [0.717, 1.165) is 5.56 Å². The predicted octanol–water partition coefficient (Wildman–Crippen LogP) is 1.98. The number of amides is 4. The van der Waals surface area contributed by atoms with Gasteiger partial charge in [-0.15, -0.1) is 0 Å². The van der Waals surface area contributed by atoms with Crippen molar-refractivity contribution in [3.63, 3.8) is 0 Å². The minimum Gasteiger partial charge on any atom is -0.354 e. The van der Waals surface area contributed by atoms with Crippen LogP contribution in [0.5, 0.6) is 0 Å². The molecule has 2 heterocycles. The van der Waals surface area contributed by atoms with E-state index in [0.29, 0.717) is 29.8 Å². The molecule has 0 saturated carbocycles. The molecule has 160 valence electrons. The molecule has 7 nitrogen and oxygen atoms in total. The Morgan fingerprint density at radius 3 is 2.55 bits per heavy atom. The summed E-state index contributed by atoms with van der Waals surface area (Å²) in [5.74, 6) is -0.970. The van der Waals surface area contributed by atoms with E-state index in [2.05, 4.69) is 10.6 Å². The fourth-order valence-corrected chi connectivity index (χ4v) is 3.88. The lowest BCUT2D eigenvalue weighted by atomic mass is 9.96. The molecule has 2 N–H and O–H groups in total. The molecule has 4 amide bonds. The summed E-state index contributed by atoms with van der Waals surface area (Å²) in [5.41, 5.74) is 2.69. The first-order chi connectivity index (χ1) is 14.9. The minimum atomic E-state index is -0.682. The Hall–Kier alpha value is -3.68. The van der Waals surface area contributed by atoms with E-state index in [-0.39, 0.29) is 30.9 Å². The van der Waals surface area contributed by atoms with Gasteiger partial charge >= 0.3 is 6.03 Å². The summed E-state index contributed by atoms with van der Waals surface area (Å²) in [7, 11) is 1.59. The molecule has 2 aliphatic heterocycles. The zero-order chi connectivity index (χ0) is 22.0. The number of likely N-dealkylation sites (N-methyl/N-ethyl adjacent to an activating group) is 1. The fraction of sp³-hybridized carbons (Fsp3) is 0.261. The van der Waals surface area contributed by atoms with E-state index >= 15 is 0 Å². The summed E-state index contributed by atoms with van der Waals surface area (Å²) in [6, 6.07) is 14.4. The smallest absolute Gasteiger partial charge is 0.322 e. The second-order valence-corrected chi connectivity index (χ2v) is 7.60. The average molecular weight is 422 g/mol. The molecule has 0 unspecified atom stereocenters. The Bertz CT molecular complexity index is 1040. The maximum absolute atomic E-state index is 13.3. The van der Waals surface area contributed by atoms with Crippen molar-refractivity contribution in [1.82, 2.24) is 20.4 Å². The molecule has 0 aromatic heterocycles. The van der Waals surface area contributed by atoms with Gasteiger partial charge in [0, 0.05) is 13.6 Å². The highest BCUT2D eigenvalue weighted by Crippen LogP contribution is 2.35. The summed E-state index contributed by atoms with van der Waals surface area (Å²) < 4.78 is 13.3. The van der Waals surface area contributed by atoms with Crippen LogP contribution < -0.4 is 10.6 Å². The van der Waals surface area contributed by atoms with Gasteiger partial charge in [-0.3, -0.25) is 14.5 Å². The predicted molar refractivity (Wildman–Crippen MR) is 112 cm³/mol. The van der Waals surface area contributed by atoms with Crippen molar-refractivity contribution in [3.8, 4) is 0 Å². The number of carbonyl (C=O) groups excluding carboxylic acids is 3. The average Bonchev–Trinajstić information content (AvgIpc) is 3.08. The van der Waals surface area contributed by atoms with Gasteiger partial charge in [0.1, 0.15) is 12.4 Å². The highest BCUT2D eigenvalue weighted by molar-refractivity contribution is 6.02. The van der Waals surface area contributed by atoms with Gasteiger partial charge in [0.25, 0.3) is 5.91 Å². The van der Waals surface area contributed by atoms with Crippen molar-refractivity contribution in [3.05, 3.63) is 82.8 Å². The molecule has 2 aromatic rings. The molecular weight excluding hydrogens is 399 g/mol. The molecule has 0 bridgehead atoms. The van der Waals surface area contributed by atoms with Gasteiger partial charge in [0.15, 0.2) is 0 Å². The molecule has 0 aliphatic carbocycles. The number of nitrogens with zero attached hydrogens (tertiary/aromatic N) is 2. The van der Waals surface area contributed by atoms with Gasteiger partial charge in [-0.2, -0.15) is 0 Å². The van der Waals surface area contributed by atoms with Crippen LogP contribution in [0.3, 0.4) is 0 Å². The maximum atomic E-state index is 13.3. The zero-order valence-corrected chi connectivity index (χ0v) is 17.1. The third-order valence-corrected chi connectivity index (χ3v) is 5.55. The quantitative estimate of drug-likeness (QED) is 0.747. The van der Waals surface area contributed by atoms with Crippen molar-refractivity contribution in [2.75, 3.05) is 26.7 Å². The first kappa shape index (κ1) is 20.6. The maximum Gasteiger partial charge on any atom is 0.322 e. The Morgan fingerprint density at radius 2 is 1.84 bits per heavy atom. The number of hydrogen-bond acceptors (Lipinski definition) is 3. The number of halogens is 1.